The van der Waals surface area contributed by atoms with Gasteiger partial charge in [-0.2, -0.15) is 0 Å². The Kier molecular flexibility index (Phi) is 4.57. The van der Waals surface area contributed by atoms with Crippen LogP contribution in [-0.4, -0.2) is 27.8 Å². The van der Waals surface area contributed by atoms with Crippen LogP contribution in [0, 0.1) is 0 Å². The van der Waals surface area contributed by atoms with E-state index in [9.17, 15) is 0 Å². The monoisotopic (exact) mass is 438 g/mol. The second-order valence-electron chi connectivity index (χ2n) is 11.3. The molecule has 4 N–H and O–H groups in total. The summed E-state index contributed by atoms with van der Waals surface area (Å²) in [4.78, 5) is 14.9. The van der Waals surface area contributed by atoms with Gasteiger partial charge in [0.05, 0.1) is 7.85 Å². The molecule has 2 radical (unpaired) electrons. The highest BCUT2D eigenvalue weighted by Gasteiger charge is 2.37. The summed E-state index contributed by atoms with van der Waals surface area (Å²) in [5.41, 5.74) is 8.52. The molecule has 0 aliphatic carbocycles. The van der Waals surface area contributed by atoms with Crippen molar-refractivity contribution in [2.45, 2.75) is 76.4 Å². The van der Waals surface area contributed by atoms with Crippen LogP contribution < -0.4 is 0 Å². The van der Waals surface area contributed by atoms with Gasteiger partial charge in [0.1, 0.15) is 0 Å². The molecule has 170 valence electrons. The minimum atomic E-state index is -0.664. The van der Waals surface area contributed by atoms with Crippen LogP contribution in [0.2, 0.25) is 0 Å². The Balaban J connectivity index is 1.77. The second-order valence-corrected chi connectivity index (χ2v) is 11.3. The predicted octanol–water partition coefficient (Wildman–Crippen LogP) is 6.11. The average Bonchev–Trinajstić information content (AvgIpc) is 3.58. The molecule has 4 aromatic heterocycles. The van der Waals surface area contributed by atoms with Crippen molar-refractivity contribution < 1.29 is 0 Å². The Morgan fingerprint density at radius 1 is 0.515 bits per heavy atom. The number of rotatable bonds is 1. The molecule has 0 saturated heterocycles. The lowest BCUT2D eigenvalue weighted by Gasteiger charge is -2.30. The van der Waals surface area contributed by atoms with Gasteiger partial charge >= 0.3 is 0 Å². The summed E-state index contributed by atoms with van der Waals surface area (Å²) in [6.45, 7) is 15.6. The van der Waals surface area contributed by atoms with Gasteiger partial charge in [-0.05, 0) is 89.6 Å². The van der Waals surface area contributed by atoms with E-state index in [1.165, 1.54) is 22.8 Å². The number of aromatic amines is 4. The number of fused-ring (bicyclic) bond motifs is 8. The normalized spacial score (nSPS) is 25.8. The molecular weight excluding hydrogens is 403 g/mol. The third-order valence-corrected chi connectivity index (χ3v) is 8.45. The summed E-state index contributed by atoms with van der Waals surface area (Å²) in [6, 6.07) is 17.5. The van der Waals surface area contributed by atoms with Gasteiger partial charge in [0.2, 0.25) is 0 Å². The van der Waals surface area contributed by atoms with Crippen molar-refractivity contribution in [3.63, 3.8) is 0 Å². The van der Waals surface area contributed by atoms with Crippen molar-refractivity contribution in [3.8, 4) is 0 Å². The molecule has 0 unspecified atom stereocenters. The highest BCUT2D eigenvalue weighted by molar-refractivity contribution is 6.17. The van der Waals surface area contributed by atoms with Gasteiger partial charge in [0.25, 0.3) is 0 Å². The fourth-order valence-electron chi connectivity index (χ4n) is 5.25. The zero-order valence-corrected chi connectivity index (χ0v) is 20.9. The average molecular weight is 438 g/mol. The quantitative estimate of drug-likeness (QED) is 0.259. The summed E-state index contributed by atoms with van der Waals surface area (Å²) in [7, 11) is 6.92. The highest BCUT2D eigenvalue weighted by Crippen LogP contribution is 2.41. The molecule has 5 heteroatoms. The fraction of sp³-hybridized carbons (Fsp3) is 0.429. The van der Waals surface area contributed by atoms with Crippen molar-refractivity contribution in [1.29, 1.82) is 0 Å². The van der Waals surface area contributed by atoms with Gasteiger partial charge in [-0.25, -0.2) is 0 Å². The van der Waals surface area contributed by atoms with Crippen LogP contribution in [0.3, 0.4) is 0 Å². The van der Waals surface area contributed by atoms with E-state index in [0.29, 0.717) is 0 Å². The smallest absolute Gasteiger partial charge is 0.0912 e. The maximum absolute atomic E-state index is 6.92. The maximum atomic E-state index is 6.92. The minimum absolute atomic E-state index is 0.142. The molecule has 0 spiro atoms. The zero-order valence-electron chi connectivity index (χ0n) is 20.9. The van der Waals surface area contributed by atoms with Crippen LogP contribution in [0.1, 0.15) is 100 Å². The van der Waals surface area contributed by atoms with Crippen molar-refractivity contribution in [3.05, 3.63) is 94.1 Å². The number of aromatic nitrogens is 4. The van der Waals surface area contributed by atoms with Gasteiger partial charge in [-0.3, -0.25) is 0 Å². The molecule has 0 amide bonds. The van der Waals surface area contributed by atoms with Crippen LogP contribution in [0.5, 0.6) is 0 Å². The third-order valence-electron chi connectivity index (χ3n) is 8.45. The van der Waals surface area contributed by atoms with E-state index < -0.39 is 5.31 Å². The first kappa shape index (κ1) is 22.0. The molecule has 0 atom stereocenters. The molecule has 5 heterocycles. The summed E-state index contributed by atoms with van der Waals surface area (Å²) in [6.07, 6.45) is 0.985. The lowest BCUT2D eigenvalue weighted by atomic mass is 9.66. The molecule has 0 fully saturated rings. The number of nitrogens with one attached hydrogen (secondary N) is 4. The molecular formula is C28H35BN4. The zero-order chi connectivity index (χ0) is 23.8. The number of hydrogen-bond donors (Lipinski definition) is 4. The minimum Gasteiger partial charge on any atom is -0.361 e. The van der Waals surface area contributed by atoms with Gasteiger partial charge in [-0.1, -0.05) is 13.8 Å². The van der Waals surface area contributed by atoms with Gasteiger partial charge in [-0.15, -0.1) is 0 Å². The van der Waals surface area contributed by atoms with Crippen LogP contribution in [0.15, 0.2) is 48.5 Å². The fourth-order valence-corrected chi connectivity index (χ4v) is 5.25. The van der Waals surface area contributed by atoms with E-state index in [1.54, 1.807) is 0 Å². The van der Waals surface area contributed by atoms with E-state index in [-0.39, 0.29) is 16.2 Å². The van der Waals surface area contributed by atoms with E-state index in [0.717, 1.165) is 29.2 Å². The number of H-pyrrole nitrogens is 4. The largest absolute Gasteiger partial charge is 0.361 e. The van der Waals surface area contributed by atoms with E-state index in [4.69, 9.17) is 7.85 Å². The molecule has 8 bridgehead atoms. The van der Waals surface area contributed by atoms with Crippen molar-refractivity contribution in [1.82, 2.24) is 19.9 Å². The van der Waals surface area contributed by atoms with Crippen molar-refractivity contribution >= 4 is 7.85 Å². The van der Waals surface area contributed by atoms with Crippen LogP contribution in [0.25, 0.3) is 0 Å². The first-order valence-electron chi connectivity index (χ1n) is 12.0. The van der Waals surface area contributed by atoms with E-state index in [2.05, 4.69) is 117 Å². The Morgan fingerprint density at radius 2 is 0.788 bits per heavy atom. The number of hydrogen-bond acceptors (Lipinski definition) is 0. The van der Waals surface area contributed by atoms with Gasteiger partial charge < -0.3 is 19.9 Å². The molecule has 4 aromatic rings. The Hall–Kier alpha value is -2.82. The van der Waals surface area contributed by atoms with Crippen LogP contribution >= 0.6 is 0 Å². The first-order chi connectivity index (χ1) is 15.4. The molecule has 1 aliphatic heterocycles. The highest BCUT2D eigenvalue weighted by atomic mass is 14.9. The molecule has 0 saturated carbocycles. The van der Waals surface area contributed by atoms with E-state index in [1.807, 2.05) is 0 Å². The lowest BCUT2D eigenvalue weighted by molar-refractivity contribution is 0.507. The van der Waals surface area contributed by atoms with Gasteiger partial charge in [0, 0.05) is 67.1 Å². The maximum Gasteiger partial charge on any atom is 0.0912 e. The third kappa shape index (κ3) is 3.04. The molecule has 5 rings (SSSR count). The summed E-state index contributed by atoms with van der Waals surface area (Å²) in [5.74, 6) is 0. The molecule has 1 aliphatic rings. The Bertz CT molecular complexity index is 1210. The summed E-state index contributed by atoms with van der Waals surface area (Å²) in [5, 5.41) is -0.664. The predicted molar refractivity (Wildman–Crippen MR) is 136 cm³/mol. The molecule has 4 nitrogen and oxygen atoms in total. The molecule has 0 aromatic carbocycles. The van der Waals surface area contributed by atoms with Crippen LogP contribution in [0.4, 0.5) is 0 Å². The van der Waals surface area contributed by atoms with Crippen molar-refractivity contribution in [2.24, 2.45) is 0 Å². The lowest BCUT2D eigenvalue weighted by Crippen LogP contribution is -2.28. The summed E-state index contributed by atoms with van der Waals surface area (Å²) < 4.78 is 0. The Morgan fingerprint density at radius 3 is 1.12 bits per heavy atom. The van der Waals surface area contributed by atoms with Gasteiger partial charge in [0.15, 0.2) is 0 Å². The standard InChI is InChI=1S/C28H35BN4/c1-8-27(6)21-13-9-17(30-21)25(2,3)19-11-15-23(32-19)28(7,29)24-16-12-20(33-24)26(4,5)18-10-14-22(27)31-18/h9-16,30-33H,8H2,1-7H3. The molecule has 33 heavy (non-hydrogen) atoms. The topological polar surface area (TPSA) is 63.2 Å². The second kappa shape index (κ2) is 6.85. The first-order valence-corrected chi connectivity index (χ1v) is 12.0. The Labute approximate surface area is 198 Å². The summed E-state index contributed by atoms with van der Waals surface area (Å²) >= 11 is 0. The van der Waals surface area contributed by atoms with E-state index >= 15 is 0 Å². The van der Waals surface area contributed by atoms with Crippen molar-refractivity contribution in [2.75, 3.05) is 0 Å². The van der Waals surface area contributed by atoms with Crippen LogP contribution in [-0.2, 0) is 21.6 Å². The SMILES string of the molecule is [B]C1(C)c2ccc([nH]2)C(C)(C)c2ccc([nH]2)C(C)(CC)c2ccc([nH]2)C(C)(C)c2ccc1[nH]2.